The molecule has 93 valence electrons. The van der Waals surface area contributed by atoms with Crippen LogP contribution in [0, 0.1) is 5.92 Å². The second-order valence-corrected chi connectivity index (χ2v) is 4.90. The van der Waals surface area contributed by atoms with Crippen LogP contribution in [0.5, 0.6) is 0 Å². The van der Waals surface area contributed by atoms with Gasteiger partial charge in [-0.3, -0.25) is 0 Å². The molecule has 0 bridgehead atoms. The van der Waals surface area contributed by atoms with E-state index in [1.54, 1.807) is 6.07 Å². The molecule has 0 fully saturated rings. The number of nitrogens with zero attached hydrogens (tertiary/aromatic N) is 2. The van der Waals surface area contributed by atoms with Gasteiger partial charge in [-0.25, -0.2) is 9.97 Å². The van der Waals surface area contributed by atoms with Crippen molar-refractivity contribution in [2.45, 2.75) is 20.3 Å². The number of benzene rings is 1. The van der Waals surface area contributed by atoms with Crippen molar-refractivity contribution in [3.05, 3.63) is 47.0 Å². The van der Waals surface area contributed by atoms with Crippen LogP contribution in [0.4, 0.5) is 5.95 Å². The minimum Gasteiger partial charge on any atom is -0.368 e. The quantitative estimate of drug-likeness (QED) is 0.859. The summed E-state index contributed by atoms with van der Waals surface area (Å²) in [7, 11) is 0. The van der Waals surface area contributed by atoms with E-state index in [4.69, 9.17) is 17.3 Å². The molecule has 0 aliphatic rings. The van der Waals surface area contributed by atoms with Gasteiger partial charge in [0.2, 0.25) is 5.95 Å². The second-order valence-electron chi connectivity index (χ2n) is 4.51. The van der Waals surface area contributed by atoms with Crippen LogP contribution in [-0.4, -0.2) is 9.97 Å². The van der Waals surface area contributed by atoms with Gasteiger partial charge in [-0.2, -0.15) is 0 Å². The molecule has 0 saturated heterocycles. The molecule has 0 spiro atoms. The average Bonchev–Trinajstić information content (AvgIpc) is 2.27. The number of rotatable bonds is 3. The molecule has 18 heavy (non-hydrogen) atoms. The van der Waals surface area contributed by atoms with Crippen LogP contribution in [0.1, 0.15) is 19.4 Å². The molecule has 0 amide bonds. The lowest BCUT2D eigenvalue weighted by Crippen LogP contribution is -1.97. The van der Waals surface area contributed by atoms with Crippen LogP contribution >= 0.6 is 11.6 Å². The molecular weight excluding hydrogens is 246 g/mol. The molecule has 0 atom stereocenters. The maximum absolute atomic E-state index is 5.87. The molecule has 1 radical (unpaired) electrons. The minimum absolute atomic E-state index is 0.194. The first-order valence-electron chi connectivity index (χ1n) is 5.73. The second kappa shape index (κ2) is 5.36. The fourth-order valence-electron chi connectivity index (χ4n) is 1.78. The highest BCUT2D eigenvalue weighted by Gasteiger charge is 2.04. The van der Waals surface area contributed by atoms with Crippen LogP contribution in [0.15, 0.2) is 30.3 Å². The van der Waals surface area contributed by atoms with Gasteiger partial charge in [0.15, 0.2) is 0 Å². The fraction of sp³-hybridized carbons (Fsp3) is 0.214. The highest BCUT2D eigenvalue weighted by atomic mass is 35.5. The number of hydrogen-bond acceptors (Lipinski definition) is 3. The number of nitrogens with two attached hydrogens (primary N) is 1. The van der Waals surface area contributed by atoms with Crippen molar-refractivity contribution in [3.8, 4) is 11.3 Å². The topological polar surface area (TPSA) is 51.8 Å². The summed E-state index contributed by atoms with van der Waals surface area (Å²) in [4.78, 5) is 8.02. The zero-order valence-corrected chi connectivity index (χ0v) is 11.2. The molecule has 3 nitrogen and oxygen atoms in total. The van der Waals surface area contributed by atoms with Crippen molar-refractivity contribution in [1.82, 2.24) is 9.97 Å². The van der Waals surface area contributed by atoms with Gasteiger partial charge in [-0.05, 0) is 17.9 Å². The Balaban J connectivity index is 2.28. The SMILES string of the molecule is C[C](C)Cc1ccc(-c2cc(Cl)nc(N)n2)cc1. The summed E-state index contributed by atoms with van der Waals surface area (Å²) in [6.45, 7) is 4.25. The molecule has 4 heteroatoms. The molecule has 0 aliphatic carbocycles. The van der Waals surface area contributed by atoms with E-state index in [0.717, 1.165) is 17.7 Å². The number of aromatic nitrogens is 2. The van der Waals surface area contributed by atoms with Gasteiger partial charge in [-0.1, -0.05) is 49.7 Å². The van der Waals surface area contributed by atoms with Crippen LogP contribution < -0.4 is 5.73 Å². The summed E-state index contributed by atoms with van der Waals surface area (Å²) >= 11 is 5.87. The van der Waals surface area contributed by atoms with Crippen molar-refractivity contribution in [1.29, 1.82) is 0 Å². The highest BCUT2D eigenvalue weighted by molar-refractivity contribution is 6.29. The first-order valence-corrected chi connectivity index (χ1v) is 6.11. The van der Waals surface area contributed by atoms with E-state index in [0.29, 0.717) is 5.15 Å². The fourth-order valence-corrected chi connectivity index (χ4v) is 1.97. The summed E-state index contributed by atoms with van der Waals surface area (Å²) in [5, 5.41) is 0.360. The van der Waals surface area contributed by atoms with E-state index < -0.39 is 0 Å². The summed E-state index contributed by atoms with van der Waals surface area (Å²) in [6.07, 6.45) is 0.993. The Hall–Kier alpha value is -1.61. The van der Waals surface area contributed by atoms with Gasteiger partial charge in [0.1, 0.15) is 5.15 Å². The Kier molecular flexibility index (Phi) is 3.82. The number of halogens is 1. The summed E-state index contributed by atoms with van der Waals surface area (Å²) in [5.41, 5.74) is 8.60. The number of nitrogen functional groups attached to an aromatic ring is 1. The molecule has 1 aromatic heterocycles. The molecule has 2 N–H and O–H groups in total. The van der Waals surface area contributed by atoms with Gasteiger partial charge in [0.05, 0.1) is 5.69 Å². The first-order chi connectivity index (χ1) is 8.54. The third-order valence-corrected chi connectivity index (χ3v) is 2.71. The Morgan fingerprint density at radius 2 is 1.83 bits per heavy atom. The standard InChI is InChI=1S/C14H15ClN3/c1-9(2)7-10-3-5-11(6-4-10)12-8-13(15)18-14(16)17-12/h3-6,8H,7H2,1-2H3,(H2,16,17,18). The van der Waals surface area contributed by atoms with Gasteiger partial charge in [0, 0.05) is 11.6 Å². The zero-order chi connectivity index (χ0) is 13.1. The van der Waals surface area contributed by atoms with Crippen LogP contribution in [0.2, 0.25) is 5.15 Å². The normalized spacial score (nSPS) is 10.9. The minimum atomic E-state index is 0.194. The smallest absolute Gasteiger partial charge is 0.221 e. The van der Waals surface area contributed by atoms with Crippen molar-refractivity contribution in [2.75, 3.05) is 5.73 Å². The number of hydrogen-bond donors (Lipinski definition) is 1. The summed E-state index contributed by atoms with van der Waals surface area (Å²) in [5.74, 6) is 1.58. The van der Waals surface area contributed by atoms with E-state index >= 15 is 0 Å². The lowest BCUT2D eigenvalue weighted by Gasteiger charge is -2.06. The molecule has 2 aromatic rings. The molecule has 0 unspecified atom stereocenters. The van der Waals surface area contributed by atoms with Gasteiger partial charge in [-0.15, -0.1) is 0 Å². The van der Waals surface area contributed by atoms with Gasteiger partial charge >= 0.3 is 0 Å². The molecule has 2 rings (SSSR count). The first kappa shape index (κ1) is 12.8. The summed E-state index contributed by atoms with van der Waals surface area (Å²) < 4.78 is 0. The highest BCUT2D eigenvalue weighted by Crippen LogP contribution is 2.22. The third-order valence-electron chi connectivity index (χ3n) is 2.52. The van der Waals surface area contributed by atoms with E-state index in [9.17, 15) is 0 Å². The van der Waals surface area contributed by atoms with Crippen LogP contribution in [0.25, 0.3) is 11.3 Å². The lowest BCUT2D eigenvalue weighted by molar-refractivity contribution is 0.957. The Labute approximate surface area is 112 Å². The predicted molar refractivity (Wildman–Crippen MR) is 75.2 cm³/mol. The van der Waals surface area contributed by atoms with Crippen LogP contribution in [-0.2, 0) is 6.42 Å². The maximum atomic E-state index is 5.87. The van der Waals surface area contributed by atoms with Crippen LogP contribution in [0.3, 0.4) is 0 Å². The molecule has 0 aliphatic heterocycles. The lowest BCUT2D eigenvalue weighted by atomic mass is 10.0. The predicted octanol–water partition coefficient (Wildman–Crippen LogP) is 3.54. The monoisotopic (exact) mass is 260 g/mol. The summed E-state index contributed by atoms with van der Waals surface area (Å²) in [6, 6.07) is 9.94. The molecule has 1 aromatic carbocycles. The third kappa shape index (κ3) is 3.20. The molecule has 0 saturated carbocycles. The van der Waals surface area contributed by atoms with E-state index in [1.807, 2.05) is 12.1 Å². The zero-order valence-electron chi connectivity index (χ0n) is 10.4. The van der Waals surface area contributed by atoms with Crippen molar-refractivity contribution in [2.24, 2.45) is 0 Å². The number of anilines is 1. The average molecular weight is 261 g/mol. The largest absolute Gasteiger partial charge is 0.368 e. The van der Waals surface area contributed by atoms with E-state index in [1.165, 1.54) is 11.5 Å². The Morgan fingerprint density at radius 3 is 2.39 bits per heavy atom. The molecule has 1 heterocycles. The van der Waals surface area contributed by atoms with E-state index in [-0.39, 0.29) is 5.95 Å². The van der Waals surface area contributed by atoms with Gasteiger partial charge in [0.25, 0.3) is 0 Å². The van der Waals surface area contributed by atoms with E-state index in [2.05, 4.69) is 35.9 Å². The van der Waals surface area contributed by atoms with Gasteiger partial charge < -0.3 is 5.73 Å². The van der Waals surface area contributed by atoms with Crippen molar-refractivity contribution >= 4 is 17.5 Å². The maximum Gasteiger partial charge on any atom is 0.221 e. The Morgan fingerprint density at radius 1 is 1.17 bits per heavy atom. The Bertz CT molecular complexity index is 515. The van der Waals surface area contributed by atoms with Crippen molar-refractivity contribution < 1.29 is 0 Å². The molecular formula is C14H15ClN3. The van der Waals surface area contributed by atoms with Crippen molar-refractivity contribution in [3.63, 3.8) is 0 Å².